The third-order valence-corrected chi connectivity index (χ3v) is 7.83. The van der Waals surface area contributed by atoms with Gasteiger partial charge in [0.15, 0.2) is 0 Å². The Hall–Kier alpha value is -1.47. The highest BCUT2D eigenvalue weighted by Crippen LogP contribution is 2.62. The molecule has 6 nitrogen and oxygen atoms in total. The van der Waals surface area contributed by atoms with Crippen LogP contribution in [0.25, 0.3) is 0 Å². The molecule has 0 aromatic carbocycles. The first-order valence-corrected chi connectivity index (χ1v) is 10.6. The lowest BCUT2D eigenvalue weighted by Gasteiger charge is -2.44. The van der Waals surface area contributed by atoms with Crippen LogP contribution in [0.5, 0.6) is 0 Å². The van der Waals surface area contributed by atoms with Gasteiger partial charge in [-0.05, 0) is 43.6 Å². The maximum atomic E-state index is 12.8. The molecule has 0 unspecified atom stereocenters. The monoisotopic (exact) mass is 376 g/mol. The smallest absolute Gasteiger partial charge is 0.273 e. The standard InChI is InChI=1S/C19H28N4O2S/c1-3-22-10-15-18(4-5-19(15,12-22)17(25)20-2)6-8-23(9-7-18)16(24)14-11-26-13-21-14/h11,13,15H,3-10,12H2,1-2H3,(H,20,25)/t15-,19-/m1/s1. The Kier molecular flexibility index (Phi) is 4.55. The third-order valence-electron chi connectivity index (χ3n) is 7.25. The maximum absolute atomic E-state index is 12.8. The van der Waals surface area contributed by atoms with Crippen LogP contribution in [0.15, 0.2) is 10.9 Å². The highest BCUT2D eigenvalue weighted by Gasteiger charge is 2.63. The molecule has 3 fully saturated rings. The number of carbonyl (C=O) groups excluding carboxylic acids is 2. The first-order valence-electron chi connectivity index (χ1n) is 9.67. The zero-order valence-electron chi connectivity index (χ0n) is 15.7. The van der Waals surface area contributed by atoms with Crippen LogP contribution in [0.3, 0.4) is 0 Å². The Morgan fingerprint density at radius 3 is 2.69 bits per heavy atom. The van der Waals surface area contributed by atoms with Crippen molar-refractivity contribution < 1.29 is 9.59 Å². The lowest BCUT2D eigenvalue weighted by atomic mass is 9.65. The first-order chi connectivity index (χ1) is 12.5. The molecular formula is C19H28N4O2S. The first kappa shape index (κ1) is 17.9. The number of nitrogens with zero attached hydrogens (tertiary/aromatic N) is 3. The predicted molar refractivity (Wildman–Crippen MR) is 101 cm³/mol. The number of aromatic nitrogens is 1. The van der Waals surface area contributed by atoms with Crippen LogP contribution >= 0.6 is 11.3 Å². The summed E-state index contributed by atoms with van der Waals surface area (Å²) in [5, 5.41) is 4.77. The van der Waals surface area contributed by atoms with Crippen molar-refractivity contribution in [2.24, 2.45) is 16.7 Å². The van der Waals surface area contributed by atoms with E-state index < -0.39 is 0 Å². The second-order valence-corrected chi connectivity index (χ2v) is 8.86. The van der Waals surface area contributed by atoms with Gasteiger partial charge in [-0.2, -0.15) is 0 Å². The number of amides is 2. The largest absolute Gasteiger partial charge is 0.359 e. The molecule has 1 saturated carbocycles. The van der Waals surface area contributed by atoms with E-state index in [2.05, 4.69) is 22.1 Å². The van der Waals surface area contributed by atoms with Gasteiger partial charge in [0.1, 0.15) is 5.69 Å². The summed E-state index contributed by atoms with van der Waals surface area (Å²) in [5.41, 5.74) is 2.25. The summed E-state index contributed by atoms with van der Waals surface area (Å²) in [6.07, 6.45) is 4.10. The van der Waals surface area contributed by atoms with E-state index in [0.29, 0.717) is 11.6 Å². The number of thiazole rings is 1. The lowest BCUT2D eigenvalue weighted by Crippen LogP contribution is -2.49. The fourth-order valence-corrected chi connectivity index (χ4v) is 6.28. The summed E-state index contributed by atoms with van der Waals surface area (Å²) in [4.78, 5) is 34.0. The molecule has 4 rings (SSSR count). The van der Waals surface area contributed by atoms with Gasteiger partial charge < -0.3 is 15.1 Å². The topological polar surface area (TPSA) is 65.5 Å². The van der Waals surface area contributed by atoms with Crippen molar-refractivity contribution in [1.29, 1.82) is 0 Å². The second kappa shape index (κ2) is 6.60. The van der Waals surface area contributed by atoms with Crippen molar-refractivity contribution in [3.05, 3.63) is 16.6 Å². The van der Waals surface area contributed by atoms with Gasteiger partial charge in [-0.25, -0.2) is 4.98 Å². The quantitative estimate of drug-likeness (QED) is 0.874. The molecule has 0 bridgehead atoms. The summed E-state index contributed by atoms with van der Waals surface area (Å²) in [5.74, 6) is 0.681. The van der Waals surface area contributed by atoms with Crippen molar-refractivity contribution in [3.8, 4) is 0 Å². The molecule has 2 amide bonds. The summed E-state index contributed by atoms with van der Waals surface area (Å²) in [6, 6.07) is 0. The minimum atomic E-state index is -0.230. The molecule has 1 aromatic heterocycles. The van der Waals surface area contributed by atoms with E-state index in [-0.39, 0.29) is 22.6 Å². The molecule has 1 spiro atoms. The Morgan fingerprint density at radius 1 is 1.31 bits per heavy atom. The zero-order valence-corrected chi connectivity index (χ0v) is 16.5. The third kappa shape index (κ3) is 2.59. The molecule has 0 radical (unpaired) electrons. The van der Waals surface area contributed by atoms with Crippen LogP contribution in [-0.2, 0) is 4.79 Å². The number of nitrogens with one attached hydrogen (secondary N) is 1. The van der Waals surface area contributed by atoms with Gasteiger partial charge in [-0.1, -0.05) is 6.92 Å². The molecule has 1 N–H and O–H groups in total. The van der Waals surface area contributed by atoms with E-state index in [1.54, 1.807) is 12.6 Å². The van der Waals surface area contributed by atoms with E-state index >= 15 is 0 Å². The van der Waals surface area contributed by atoms with Crippen LogP contribution < -0.4 is 5.32 Å². The number of carbonyl (C=O) groups is 2. The number of likely N-dealkylation sites (tertiary alicyclic amines) is 2. The predicted octanol–water partition coefficient (Wildman–Crippen LogP) is 1.84. The van der Waals surface area contributed by atoms with Crippen LogP contribution in [0.2, 0.25) is 0 Å². The average Bonchev–Trinajstić information content (AvgIpc) is 3.38. The molecule has 26 heavy (non-hydrogen) atoms. The molecule has 7 heteroatoms. The fraction of sp³-hybridized carbons (Fsp3) is 0.737. The number of hydrogen-bond acceptors (Lipinski definition) is 5. The Balaban J connectivity index is 1.52. The van der Waals surface area contributed by atoms with Crippen LogP contribution in [0.4, 0.5) is 0 Å². The lowest BCUT2D eigenvalue weighted by molar-refractivity contribution is -0.132. The summed E-state index contributed by atoms with van der Waals surface area (Å²) in [6.45, 7) is 6.65. The summed E-state index contributed by atoms with van der Waals surface area (Å²) in [7, 11) is 1.77. The molecule has 3 heterocycles. The van der Waals surface area contributed by atoms with Crippen molar-refractivity contribution in [2.75, 3.05) is 39.8 Å². The second-order valence-electron chi connectivity index (χ2n) is 8.14. The molecule has 2 aliphatic heterocycles. The Labute approximate surface area is 159 Å². The minimum absolute atomic E-state index is 0.0540. The van der Waals surface area contributed by atoms with Crippen molar-refractivity contribution in [1.82, 2.24) is 20.1 Å². The normalized spacial score (nSPS) is 30.5. The van der Waals surface area contributed by atoms with Gasteiger partial charge in [0.05, 0.1) is 10.9 Å². The van der Waals surface area contributed by atoms with Gasteiger partial charge >= 0.3 is 0 Å². The number of hydrogen-bond donors (Lipinski definition) is 1. The van der Waals surface area contributed by atoms with E-state index in [4.69, 9.17) is 0 Å². The molecule has 2 saturated heterocycles. The molecule has 1 aliphatic carbocycles. The minimum Gasteiger partial charge on any atom is -0.359 e. The van der Waals surface area contributed by atoms with Gasteiger partial charge in [0, 0.05) is 38.6 Å². The van der Waals surface area contributed by atoms with Crippen LogP contribution in [0, 0.1) is 16.7 Å². The van der Waals surface area contributed by atoms with Crippen molar-refractivity contribution >= 4 is 23.2 Å². The number of piperidine rings is 1. The summed E-state index contributed by atoms with van der Waals surface area (Å²) >= 11 is 1.46. The van der Waals surface area contributed by atoms with Crippen molar-refractivity contribution in [3.63, 3.8) is 0 Å². The van der Waals surface area contributed by atoms with Crippen molar-refractivity contribution in [2.45, 2.75) is 32.6 Å². The molecule has 1 aromatic rings. The Bertz CT molecular complexity index is 684. The van der Waals surface area contributed by atoms with E-state index in [1.165, 1.54) is 11.3 Å². The fourth-order valence-electron chi connectivity index (χ4n) is 5.75. The highest BCUT2D eigenvalue weighted by atomic mass is 32.1. The molecule has 2 atom stereocenters. The van der Waals surface area contributed by atoms with Crippen LogP contribution in [-0.4, -0.2) is 66.4 Å². The van der Waals surface area contributed by atoms with Gasteiger partial charge in [-0.15, -0.1) is 11.3 Å². The maximum Gasteiger partial charge on any atom is 0.273 e. The van der Waals surface area contributed by atoms with E-state index in [9.17, 15) is 9.59 Å². The summed E-state index contributed by atoms with van der Waals surface area (Å²) < 4.78 is 0. The van der Waals surface area contributed by atoms with Gasteiger partial charge in [-0.3, -0.25) is 9.59 Å². The molecule has 3 aliphatic rings. The van der Waals surface area contributed by atoms with E-state index in [0.717, 1.165) is 58.4 Å². The van der Waals surface area contributed by atoms with Crippen LogP contribution in [0.1, 0.15) is 43.1 Å². The van der Waals surface area contributed by atoms with E-state index in [1.807, 2.05) is 10.3 Å². The SMILES string of the molecule is CCN1C[C@@H]2C3(CCN(C(=O)c4cscn4)CC3)CC[C@@]2(C(=O)NC)C1. The number of rotatable bonds is 3. The van der Waals surface area contributed by atoms with Gasteiger partial charge in [0.2, 0.25) is 5.91 Å². The number of fused-ring (bicyclic) bond motifs is 2. The molecular weight excluding hydrogens is 348 g/mol. The zero-order chi connectivity index (χ0) is 18.4. The average molecular weight is 377 g/mol. The molecule has 142 valence electrons. The highest BCUT2D eigenvalue weighted by molar-refractivity contribution is 7.07. The Morgan fingerprint density at radius 2 is 2.08 bits per heavy atom. The van der Waals surface area contributed by atoms with Gasteiger partial charge in [0.25, 0.3) is 5.91 Å².